The Labute approximate surface area is 120 Å². The first-order chi connectivity index (χ1) is 9.63. The number of anilines is 1. The van der Waals surface area contributed by atoms with Crippen molar-refractivity contribution < 1.29 is 4.39 Å². The molecule has 0 aliphatic carbocycles. The molecular formula is C15H14FN3S. The van der Waals surface area contributed by atoms with Crippen LogP contribution >= 0.6 is 11.3 Å². The van der Waals surface area contributed by atoms with Gasteiger partial charge in [0.2, 0.25) is 0 Å². The van der Waals surface area contributed by atoms with Crippen molar-refractivity contribution in [3.63, 3.8) is 0 Å². The molecule has 0 unspecified atom stereocenters. The quantitative estimate of drug-likeness (QED) is 0.789. The van der Waals surface area contributed by atoms with Crippen molar-refractivity contribution in [2.75, 3.05) is 5.32 Å². The lowest BCUT2D eigenvalue weighted by Crippen LogP contribution is -2.02. The van der Waals surface area contributed by atoms with Crippen LogP contribution in [0.15, 0.2) is 30.6 Å². The second kappa shape index (κ2) is 5.17. The van der Waals surface area contributed by atoms with Gasteiger partial charge < -0.3 is 5.32 Å². The Morgan fingerprint density at radius 1 is 1.20 bits per heavy atom. The summed E-state index contributed by atoms with van der Waals surface area (Å²) in [6.45, 7) is 4.35. The van der Waals surface area contributed by atoms with E-state index in [2.05, 4.69) is 21.4 Å². The molecule has 0 saturated carbocycles. The smallest absolute Gasteiger partial charge is 0.138 e. The molecule has 5 heteroatoms. The second-order valence-corrected chi connectivity index (χ2v) is 5.97. The van der Waals surface area contributed by atoms with Crippen LogP contribution in [0.4, 0.5) is 10.2 Å². The molecule has 0 fully saturated rings. The highest BCUT2D eigenvalue weighted by atomic mass is 32.1. The zero-order valence-corrected chi connectivity index (χ0v) is 12.1. The molecule has 3 nitrogen and oxygen atoms in total. The number of halogens is 1. The van der Waals surface area contributed by atoms with Gasteiger partial charge in [0.1, 0.15) is 22.8 Å². The van der Waals surface area contributed by atoms with E-state index in [1.54, 1.807) is 36.7 Å². The monoisotopic (exact) mass is 287 g/mol. The molecule has 0 spiro atoms. The molecule has 0 aliphatic rings. The van der Waals surface area contributed by atoms with Crippen molar-refractivity contribution in [1.29, 1.82) is 0 Å². The van der Waals surface area contributed by atoms with Gasteiger partial charge in [-0.3, -0.25) is 0 Å². The summed E-state index contributed by atoms with van der Waals surface area (Å²) in [4.78, 5) is 10.7. The zero-order chi connectivity index (χ0) is 14.1. The highest BCUT2D eigenvalue weighted by molar-refractivity contribution is 7.18. The van der Waals surface area contributed by atoms with Crippen LogP contribution in [0.1, 0.15) is 16.0 Å². The van der Waals surface area contributed by atoms with Crippen molar-refractivity contribution in [3.05, 3.63) is 52.4 Å². The summed E-state index contributed by atoms with van der Waals surface area (Å²) in [5, 5.41) is 4.27. The molecule has 0 amide bonds. The molecule has 0 bridgehead atoms. The number of nitrogens with zero attached hydrogens (tertiary/aromatic N) is 2. The fourth-order valence-corrected chi connectivity index (χ4v) is 2.90. The number of fused-ring (bicyclic) bond motifs is 1. The Hall–Kier alpha value is -2.01. The third-order valence-corrected chi connectivity index (χ3v) is 4.11. The fraction of sp³-hybridized carbons (Fsp3) is 0.200. The number of benzene rings is 1. The molecule has 3 rings (SSSR count). The molecule has 3 aromatic rings. The minimum atomic E-state index is -0.177. The van der Waals surface area contributed by atoms with Gasteiger partial charge in [-0.15, -0.1) is 11.3 Å². The largest absolute Gasteiger partial charge is 0.365 e. The van der Waals surface area contributed by atoms with E-state index in [-0.39, 0.29) is 5.82 Å². The normalized spacial score (nSPS) is 10.9. The number of aromatic nitrogens is 2. The van der Waals surface area contributed by atoms with Gasteiger partial charge in [-0.2, -0.15) is 0 Å². The Morgan fingerprint density at radius 3 is 2.85 bits per heavy atom. The average Bonchev–Trinajstić information content (AvgIpc) is 2.81. The second-order valence-electron chi connectivity index (χ2n) is 4.74. The third-order valence-electron chi connectivity index (χ3n) is 3.15. The fourth-order valence-electron chi connectivity index (χ4n) is 2.05. The molecule has 1 N–H and O–H groups in total. The van der Waals surface area contributed by atoms with Gasteiger partial charge in [0.05, 0.1) is 5.39 Å². The van der Waals surface area contributed by atoms with Gasteiger partial charge in [-0.05, 0) is 37.1 Å². The Balaban J connectivity index is 1.84. The van der Waals surface area contributed by atoms with E-state index in [0.29, 0.717) is 12.1 Å². The Bertz CT molecular complexity index is 767. The van der Waals surface area contributed by atoms with Crippen molar-refractivity contribution in [2.24, 2.45) is 0 Å². The molecule has 20 heavy (non-hydrogen) atoms. The summed E-state index contributed by atoms with van der Waals surface area (Å²) >= 11 is 1.64. The first-order valence-corrected chi connectivity index (χ1v) is 7.15. The molecule has 0 atom stereocenters. The van der Waals surface area contributed by atoms with Crippen LogP contribution in [0.25, 0.3) is 10.2 Å². The summed E-state index contributed by atoms with van der Waals surface area (Å²) in [6, 6.07) is 7.33. The molecule has 1 aromatic carbocycles. The molecule has 0 aliphatic heterocycles. The van der Waals surface area contributed by atoms with Gasteiger partial charge in [-0.1, -0.05) is 12.1 Å². The molecule has 102 valence electrons. The van der Waals surface area contributed by atoms with Gasteiger partial charge in [0.15, 0.2) is 0 Å². The maximum absolute atomic E-state index is 13.5. The standard InChI is InChI=1S/C15H14FN3S/c1-9-3-4-11(6-13(9)16)7-17-14-12-5-10(2)20-15(12)19-8-18-14/h3-6,8H,7H2,1-2H3,(H,17,18,19). The highest BCUT2D eigenvalue weighted by Gasteiger charge is 2.07. The maximum Gasteiger partial charge on any atom is 0.138 e. The first-order valence-electron chi connectivity index (χ1n) is 6.33. The lowest BCUT2D eigenvalue weighted by Gasteiger charge is -2.07. The summed E-state index contributed by atoms with van der Waals surface area (Å²) in [5.74, 6) is 0.615. The summed E-state index contributed by atoms with van der Waals surface area (Å²) in [5.41, 5.74) is 1.55. The van der Waals surface area contributed by atoms with Crippen LogP contribution in [-0.2, 0) is 6.54 Å². The van der Waals surface area contributed by atoms with Crippen molar-refractivity contribution in [3.8, 4) is 0 Å². The number of rotatable bonds is 3. The van der Waals surface area contributed by atoms with E-state index in [1.807, 2.05) is 13.0 Å². The third kappa shape index (κ3) is 2.49. The molecule has 2 aromatic heterocycles. The van der Waals surface area contributed by atoms with Crippen molar-refractivity contribution in [1.82, 2.24) is 9.97 Å². The first kappa shape index (κ1) is 13.0. The molecule has 2 heterocycles. The van der Waals surface area contributed by atoms with E-state index >= 15 is 0 Å². The van der Waals surface area contributed by atoms with Crippen LogP contribution < -0.4 is 5.32 Å². The van der Waals surface area contributed by atoms with E-state index in [1.165, 1.54) is 4.88 Å². The summed E-state index contributed by atoms with van der Waals surface area (Å²) in [7, 11) is 0. The van der Waals surface area contributed by atoms with Crippen LogP contribution in [0.2, 0.25) is 0 Å². The minimum absolute atomic E-state index is 0.177. The van der Waals surface area contributed by atoms with E-state index in [9.17, 15) is 4.39 Å². The van der Waals surface area contributed by atoms with E-state index < -0.39 is 0 Å². The summed E-state index contributed by atoms with van der Waals surface area (Å²) < 4.78 is 13.5. The molecule has 0 saturated heterocycles. The minimum Gasteiger partial charge on any atom is -0.365 e. The topological polar surface area (TPSA) is 37.8 Å². The van der Waals surface area contributed by atoms with Gasteiger partial charge in [-0.25, -0.2) is 14.4 Å². The van der Waals surface area contributed by atoms with Crippen LogP contribution in [-0.4, -0.2) is 9.97 Å². The van der Waals surface area contributed by atoms with Crippen molar-refractivity contribution >= 4 is 27.4 Å². The summed E-state index contributed by atoms with van der Waals surface area (Å²) in [6.07, 6.45) is 1.55. The SMILES string of the molecule is Cc1cc2c(NCc3ccc(C)c(F)c3)ncnc2s1. The lowest BCUT2D eigenvalue weighted by atomic mass is 10.1. The van der Waals surface area contributed by atoms with Crippen LogP contribution in [0.5, 0.6) is 0 Å². The molecular weight excluding hydrogens is 273 g/mol. The number of aryl methyl sites for hydroxylation is 2. The van der Waals surface area contributed by atoms with Crippen molar-refractivity contribution in [2.45, 2.75) is 20.4 Å². The van der Waals surface area contributed by atoms with E-state index in [4.69, 9.17) is 0 Å². The number of thiophene rings is 1. The number of hydrogen-bond donors (Lipinski definition) is 1. The van der Waals surface area contributed by atoms with Gasteiger partial charge >= 0.3 is 0 Å². The highest BCUT2D eigenvalue weighted by Crippen LogP contribution is 2.27. The Kier molecular flexibility index (Phi) is 3.36. The van der Waals surface area contributed by atoms with E-state index in [0.717, 1.165) is 21.6 Å². The van der Waals surface area contributed by atoms with Gasteiger partial charge in [0.25, 0.3) is 0 Å². The zero-order valence-electron chi connectivity index (χ0n) is 11.3. The lowest BCUT2D eigenvalue weighted by molar-refractivity contribution is 0.616. The number of hydrogen-bond acceptors (Lipinski definition) is 4. The Morgan fingerprint density at radius 2 is 2.05 bits per heavy atom. The molecule has 0 radical (unpaired) electrons. The average molecular weight is 287 g/mol. The predicted molar refractivity (Wildman–Crippen MR) is 80.6 cm³/mol. The maximum atomic E-state index is 13.5. The van der Waals surface area contributed by atoms with Gasteiger partial charge in [0, 0.05) is 11.4 Å². The van der Waals surface area contributed by atoms with Crippen LogP contribution in [0.3, 0.4) is 0 Å². The number of nitrogens with one attached hydrogen (secondary N) is 1. The van der Waals surface area contributed by atoms with Crippen LogP contribution in [0, 0.1) is 19.7 Å². The predicted octanol–water partition coefficient (Wildman–Crippen LogP) is 4.06.